The lowest BCUT2D eigenvalue weighted by Gasteiger charge is -2.35. The van der Waals surface area contributed by atoms with Crippen LogP contribution in [0.3, 0.4) is 0 Å². The molecule has 218 valence electrons. The highest BCUT2D eigenvalue weighted by Gasteiger charge is 2.66. The van der Waals surface area contributed by atoms with Crippen LogP contribution in [-0.4, -0.2) is 12.3 Å². The van der Waals surface area contributed by atoms with Crippen LogP contribution in [0.2, 0.25) is 0 Å². The molecule has 44 heavy (non-hydrogen) atoms. The second kappa shape index (κ2) is 9.40. The highest BCUT2D eigenvalue weighted by atomic mass is 31.2. The molecule has 0 aromatic heterocycles. The molecular weight excluding hydrogens is 574 g/mol. The quantitative estimate of drug-likeness (QED) is 0.211. The molecule has 4 heterocycles. The summed E-state index contributed by atoms with van der Waals surface area (Å²) in [6.07, 6.45) is 1.11. The highest BCUT2D eigenvalue weighted by molar-refractivity contribution is 7.85. The molecule has 0 saturated heterocycles. The second-order valence-corrected chi connectivity index (χ2v) is 18.7. The van der Waals surface area contributed by atoms with E-state index >= 15 is 9.13 Å². The number of allylic oxidation sites excluding steroid dienone is 6. The minimum absolute atomic E-state index is 0.410. The summed E-state index contributed by atoms with van der Waals surface area (Å²) in [5.41, 5.74) is 8.06. The summed E-state index contributed by atoms with van der Waals surface area (Å²) in [7, 11) is -6.31. The molecule has 0 radical (unpaired) electrons. The summed E-state index contributed by atoms with van der Waals surface area (Å²) >= 11 is 0. The lowest BCUT2D eigenvalue weighted by atomic mass is 9.72. The SMILES string of the molecule is CC1=C(C2=C(C)[C@@]3(C)CP2(=O)C(c2ccccc2)=C3c2ccccc2)P2(=O)C[C@@]1(C)C(c1ccccc1)=C2c1ccccc1. The molecule has 8 rings (SSSR count). The molecule has 4 aliphatic heterocycles. The number of hydrogen-bond donors (Lipinski definition) is 0. The fourth-order valence-electron chi connectivity index (χ4n) is 8.86. The van der Waals surface area contributed by atoms with Crippen LogP contribution in [0.4, 0.5) is 0 Å². The lowest BCUT2D eigenvalue weighted by molar-refractivity contribution is 0.575. The fourth-order valence-corrected chi connectivity index (χ4v) is 18.7. The predicted molar refractivity (Wildman–Crippen MR) is 186 cm³/mol. The lowest BCUT2D eigenvalue weighted by Crippen LogP contribution is -2.20. The van der Waals surface area contributed by atoms with E-state index < -0.39 is 25.1 Å². The van der Waals surface area contributed by atoms with E-state index in [9.17, 15) is 0 Å². The van der Waals surface area contributed by atoms with Crippen molar-refractivity contribution in [2.45, 2.75) is 27.7 Å². The second-order valence-electron chi connectivity index (χ2n) is 13.3. The van der Waals surface area contributed by atoms with Gasteiger partial charge in [-0.2, -0.15) is 0 Å². The normalized spacial score (nSPS) is 30.7. The largest absolute Gasteiger partial charge is 0.314 e. The van der Waals surface area contributed by atoms with Crippen LogP contribution in [0, 0.1) is 10.8 Å². The van der Waals surface area contributed by atoms with Crippen LogP contribution in [0.5, 0.6) is 0 Å². The van der Waals surface area contributed by atoms with Gasteiger partial charge < -0.3 is 9.13 Å². The third kappa shape index (κ3) is 3.45. The highest BCUT2D eigenvalue weighted by Crippen LogP contribution is 2.92. The summed E-state index contributed by atoms with van der Waals surface area (Å²) in [5, 5.41) is 3.73. The molecule has 0 N–H and O–H groups in total. The van der Waals surface area contributed by atoms with Gasteiger partial charge in [0.15, 0.2) is 0 Å². The summed E-state index contributed by atoms with van der Waals surface area (Å²) in [4.78, 5) is 0. The van der Waals surface area contributed by atoms with Gasteiger partial charge in [0.2, 0.25) is 0 Å². The molecule has 0 aliphatic carbocycles. The summed E-state index contributed by atoms with van der Waals surface area (Å²) in [5.74, 6) is 0. The summed E-state index contributed by atoms with van der Waals surface area (Å²) < 4.78 is 32.1. The van der Waals surface area contributed by atoms with Crippen molar-refractivity contribution < 1.29 is 9.13 Å². The van der Waals surface area contributed by atoms with Gasteiger partial charge in [-0.05, 0) is 47.2 Å². The molecular formula is C40H36O2P2. The molecule has 4 heteroatoms. The molecule has 0 saturated carbocycles. The van der Waals surface area contributed by atoms with Crippen LogP contribution in [0.15, 0.2) is 143 Å². The van der Waals surface area contributed by atoms with Gasteiger partial charge in [0.05, 0.1) is 0 Å². The van der Waals surface area contributed by atoms with E-state index in [1.165, 1.54) is 11.1 Å². The first-order chi connectivity index (χ1) is 21.1. The van der Waals surface area contributed by atoms with E-state index in [2.05, 4.69) is 100 Å². The monoisotopic (exact) mass is 610 g/mol. The van der Waals surface area contributed by atoms with Gasteiger partial charge in [-0.25, -0.2) is 0 Å². The maximum absolute atomic E-state index is 16.0. The summed E-state index contributed by atoms with van der Waals surface area (Å²) in [6.45, 7) is 8.88. The molecule has 4 bridgehead atoms. The molecule has 4 aromatic rings. The average molecular weight is 611 g/mol. The Bertz CT molecular complexity index is 1930. The Kier molecular flexibility index (Phi) is 5.95. The van der Waals surface area contributed by atoms with Crippen molar-refractivity contribution in [3.8, 4) is 0 Å². The van der Waals surface area contributed by atoms with Crippen molar-refractivity contribution in [3.63, 3.8) is 0 Å². The van der Waals surface area contributed by atoms with Crippen LogP contribution >= 0.6 is 14.3 Å². The predicted octanol–water partition coefficient (Wildman–Crippen LogP) is 11.5. The van der Waals surface area contributed by atoms with E-state index in [0.29, 0.717) is 12.3 Å². The minimum atomic E-state index is -3.15. The number of benzene rings is 4. The standard InChI is InChI=1S/C40H36O2P2/c1-27-35(43(41)25-39(27,3)33(29-17-9-5-10-18-29)37(43)31-21-13-7-14-22-31)36-28(2)40(4)26-44(36,42)38(32-23-15-8-16-24-32)34(40)30-19-11-6-12-20-30/h5-24H,25-26H2,1-4H3/t39-,40-,43?,44?/m1/s1. The van der Waals surface area contributed by atoms with Crippen molar-refractivity contribution in [1.29, 1.82) is 0 Å². The van der Waals surface area contributed by atoms with E-state index in [0.717, 1.165) is 54.7 Å². The summed E-state index contributed by atoms with van der Waals surface area (Å²) in [6, 6.07) is 41.5. The van der Waals surface area contributed by atoms with E-state index in [1.54, 1.807) is 0 Å². The fraction of sp³-hybridized carbons (Fsp3) is 0.200. The van der Waals surface area contributed by atoms with Gasteiger partial charge in [0.25, 0.3) is 0 Å². The Balaban J connectivity index is 1.41. The van der Waals surface area contributed by atoms with Gasteiger partial charge in [0, 0.05) is 44.4 Å². The molecule has 0 fully saturated rings. The molecule has 0 spiro atoms. The van der Waals surface area contributed by atoms with Gasteiger partial charge in [-0.15, -0.1) is 0 Å². The van der Waals surface area contributed by atoms with E-state index in [4.69, 9.17) is 0 Å². The molecule has 4 aliphatic rings. The van der Waals surface area contributed by atoms with Crippen molar-refractivity contribution in [3.05, 3.63) is 165 Å². The smallest absolute Gasteiger partial charge is 0.146 e. The van der Waals surface area contributed by atoms with Crippen LogP contribution in [-0.2, 0) is 9.13 Å². The Morgan fingerprint density at radius 2 is 0.705 bits per heavy atom. The topological polar surface area (TPSA) is 34.1 Å². The van der Waals surface area contributed by atoms with Gasteiger partial charge in [-0.3, -0.25) is 0 Å². The number of hydrogen-bond acceptors (Lipinski definition) is 2. The van der Waals surface area contributed by atoms with Crippen molar-refractivity contribution in [1.82, 2.24) is 0 Å². The van der Waals surface area contributed by atoms with Gasteiger partial charge in [-0.1, -0.05) is 146 Å². The Morgan fingerprint density at radius 3 is 1.00 bits per heavy atom. The van der Waals surface area contributed by atoms with Crippen LogP contribution < -0.4 is 0 Å². The maximum Gasteiger partial charge on any atom is 0.146 e. The minimum Gasteiger partial charge on any atom is -0.314 e. The van der Waals surface area contributed by atoms with Crippen LogP contribution in [0.25, 0.3) is 21.8 Å². The first-order valence-electron chi connectivity index (χ1n) is 15.5. The Labute approximate surface area is 260 Å². The van der Waals surface area contributed by atoms with E-state index in [-0.39, 0.29) is 0 Å². The molecule has 2 unspecified atom stereocenters. The van der Waals surface area contributed by atoms with E-state index in [1.807, 2.05) is 48.5 Å². The molecule has 4 atom stereocenters. The van der Waals surface area contributed by atoms with Crippen molar-refractivity contribution in [2.24, 2.45) is 10.8 Å². The molecule has 4 aromatic carbocycles. The van der Waals surface area contributed by atoms with Crippen molar-refractivity contribution in [2.75, 3.05) is 12.3 Å². The first-order valence-corrected chi connectivity index (χ1v) is 19.3. The zero-order chi connectivity index (χ0) is 30.5. The zero-order valence-electron chi connectivity index (χ0n) is 25.7. The van der Waals surface area contributed by atoms with Crippen LogP contribution in [0.1, 0.15) is 49.9 Å². The Hall–Kier alpha value is -3.70. The third-order valence-electron chi connectivity index (χ3n) is 10.9. The van der Waals surface area contributed by atoms with Gasteiger partial charge >= 0.3 is 0 Å². The van der Waals surface area contributed by atoms with Gasteiger partial charge in [0.1, 0.15) is 14.3 Å². The van der Waals surface area contributed by atoms with Crippen molar-refractivity contribution >= 4 is 36.1 Å². The Morgan fingerprint density at radius 1 is 0.432 bits per heavy atom. The third-order valence-corrected chi connectivity index (χ3v) is 18.2. The first kappa shape index (κ1) is 27.8. The molecule has 0 amide bonds. The number of rotatable bonds is 5. The number of fused-ring (bicyclic) bond motifs is 4. The zero-order valence-corrected chi connectivity index (χ0v) is 27.5. The average Bonchev–Trinajstić information content (AvgIpc) is 3.60. The maximum atomic E-state index is 16.0. The molecule has 2 nitrogen and oxygen atoms in total.